The Morgan fingerprint density at radius 1 is 1.60 bits per heavy atom. The minimum absolute atomic E-state index is 0.0704. The summed E-state index contributed by atoms with van der Waals surface area (Å²) < 4.78 is 0. The number of nitrogens with zero attached hydrogens (tertiary/aromatic N) is 1. The van der Waals surface area contributed by atoms with Gasteiger partial charge in [-0.15, -0.1) is 11.3 Å². The van der Waals surface area contributed by atoms with E-state index in [9.17, 15) is 4.79 Å². The van der Waals surface area contributed by atoms with Crippen LogP contribution in [0.3, 0.4) is 0 Å². The molecule has 106 valence electrons. The lowest BCUT2D eigenvalue weighted by Gasteiger charge is -2.10. The Kier molecular flexibility index (Phi) is 3.35. The second-order valence-electron chi connectivity index (χ2n) is 5.04. The Balaban J connectivity index is 1.69. The number of thiophene rings is 1. The number of amides is 1. The van der Waals surface area contributed by atoms with Crippen molar-refractivity contribution >= 4 is 27.9 Å². The van der Waals surface area contributed by atoms with E-state index >= 15 is 0 Å². The molecule has 7 heteroatoms. The number of hydrogen-bond donors (Lipinski definition) is 4. The van der Waals surface area contributed by atoms with Crippen LogP contribution < -0.4 is 16.4 Å². The first-order valence-electron chi connectivity index (χ1n) is 6.59. The van der Waals surface area contributed by atoms with E-state index in [2.05, 4.69) is 20.8 Å². The summed E-state index contributed by atoms with van der Waals surface area (Å²) in [6.07, 6.45) is 5.75. The van der Waals surface area contributed by atoms with Gasteiger partial charge in [0.2, 0.25) is 0 Å². The van der Waals surface area contributed by atoms with Gasteiger partial charge in [-0.05, 0) is 25.8 Å². The number of aromatic amines is 1. The molecule has 5 N–H and O–H groups in total. The van der Waals surface area contributed by atoms with Crippen molar-refractivity contribution < 1.29 is 4.79 Å². The second-order valence-corrected chi connectivity index (χ2v) is 6.09. The number of H-pyrrole nitrogens is 1. The highest BCUT2D eigenvalue weighted by Gasteiger charge is 2.25. The lowest BCUT2D eigenvalue weighted by atomic mass is 10.2. The highest BCUT2D eigenvalue weighted by atomic mass is 32.1. The maximum atomic E-state index is 12.0. The molecule has 0 bridgehead atoms. The SMILES string of the molecule is CC(Nc1cc(N)c(C(=O)NC2CC2)s1)c1cn[nH]c1. The molecule has 1 unspecified atom stereocenters. The van der Waals surface area contributed by atoms with Crippen LogP contribution in [0.5, 0.6) is 0 Å². The van der Waals surface area contributed by atoms with Gasteiger partial charge in [0.15, 0.2) is 0 Å². The molecule has 2 aromatic rings. The number of aromatic nitrogens is 2. The van der Waals surface area contributed by atoms with Crippen LogP contribution in [0.25, 0.3) is 0 Å². The highest BCUT2D eigenvalue weighted by molar-refractivity contribution is 7.18. The third-order valence-electron chi connectivity index (χ3n) is 3.26. The molecule has 20 heavy (non-hydrogen) atoms. The summed E-state index contributed by atoms with van der Waals surface area (Å²) in [4.78, 5) is 12.6. The minimum Gasteiger partial charge on any atom is -0.397 e. The summed E-state index contributed by atoms with van der Waals surface area (Å²) in [7, 11) is 0. The number of hydrogen-bond acceptors (Lipinski definition) is 5. The van der Waals surface area contributed by atoms with Gasteiger partial charge in [0.1, 0.15) is 4.88 Å². The molecule has 1 atom stereocenters. The first-order chi connectivity index (χ1) is 9.63. The number of nitrogens with two attached hydrogens (primary N) is 1. The zero-order valence-electron chi connectivity index (χ0n) is 11.1. The number of carbonyl (C=O) groups is 1. The van der Waals surface area contributed by atoms with Gasteiger partial charge in [-0.3, -0.25) is 9.89 Å². The smallest absolute Gasteiger partial charge is 0.263 e. The van der Waals surface area contributed by atoms with E-state index in [0.717, 1.165) is 23.4 Å². The van der Waals surface area contributed by atoms with Gasteiger partial charge in [0.25, 0.3) is 5.91 Å². The van der Waals surface area contributed by atoms with E-state index in [-0.39, 0.29) is 11.9 Å². The molecular weight excluding hydrogens is 274 g/mol. The van der Waals surface area contributed by atoms with E-state index in [4.69, 9.17) is 5.73 Å². The van der Waals surface area contributed by atoms with Crippen molar-refractivity contribution in [2.24, 2.45) is 0 Å². The van der Waals surface area contributed by atoms with Crippen LogP contribution in [0.2, 0.25) is 0 Å². The molecule has 0 radical (unpaired) electrons. The molecule has 1 aliphatic rings. The Labute approximate surface area is 120 Å². The average Bonchev–Trinajstić information content (AvgIpc) is 2.93. The second kappa shape index (κ2) is 5.16. The molecule has 1 aliphatic carbocycles. The van der Waals surface area contributed by atoms with Crippen molar-refractivity contribution in [2.45, 2.75) is 31.8 Å². The van der Waals surface area contributed by atoms with Crippen molar-refractivity contribution in [3.63, 3.8) is 0 Å². The lowest BCUT2D eigenvalue weighted by molar-refractivity contribution is 0.0956. The monoisotopic (exact) mass is 291 g/mol. The lowest BCUT2D eigenvalue weighted by Crippen LogP contribution is -2.25. The first kappa shape index (κ1) is 13.0. The molecule has 3 rings (SSSR count). The van der Waals surface area contributed by atoms with E-state index in [1.54, 1.807) is 6.20 Å². The van der Waals surface area contributed by atoms with Crippen molar-refractivity contribution in [3.8, 4) is 0 Å². The third kappa shape index (κ3) is 2.77. The summed E-state index contributed by atoms with van der Waals surface area (Å²) in [5, 5.41) is 13.9. The summed E-state index contributed by atoms with van der Waals surface area (Å²) in [6.45, 7) is 2.03. The van der Waals surface area contributed by atoms with Crippen LogP contribution in [-0.2, 0) is 0 Å². The maximum Gasteiger partial charge on any atom is 0.263 e. The Morgan fingerprint density at radius 2 is 2.40 bits per heavy atom. The number of nitrogens with one attached hydrogen (secondary N) is 3. The maximum absolute atomic E-state index is 12.0. The van der Waals surface area contributed by atoms with Crippen molar-refractivity contribution in [2.75, 3.05) is 11.1 Å². The van der Waals surface area contributed by atoms with E-state index in [1.807, 2.05) is 19.2 Å². The van der Waals surface area contributed by atoms with Gasteiger partial charge in [-0.2, -0.15) is 5.10 Å². The molecule has 6 nitrogen and oxygen atoms in total. The molecule has 0 spiro atoms. The highest BCUT2D eigenvalue weighted by Crippen LogP contribution is 2.32. The average molecular weight is 291 g/mol. The molecule has 1 saturated carbocycles. The minimum atomic E-state index is -0.0704. The standard InChI is InChI=1S/C13H17N5OS/c1-7(8-5-15-16-6-8)17-11-4-10(14)12(20-11)13(19)18-9-2-3-9/h4-7,9,17H,2-3,14H2,1H3,(H,15,16)(H,18,19). The molecule has 1 amide bonds. The van der Waals surface area contributed by atoms with Crippen LogP contribution in [0.15, 0.2) is 18.5 Å². The summed E-state index contributed by atoms with van der Waals surface area (Å²) in [6, 6.07) is 2.25. The Hall–Kier alpha value is -2.02. The predicted octanol–water partition coefficient (Wildman–Crippen LogP) is 2.12. The summed E-state index contributed by atoms with van der Waals surface area (Å²) >= 11 is 1.38. The Bertz CT molecular complexity index is 602. The van der Waals surface area contributed by atoms with E-state index < -0.39 is 0 Å². The normalized spacial score (nSPS) is 15.8. The van der Waals surface area contributed by atoms with Crippen LogP contribution in [0.4, 0.5) is 10.7 Å². The fraction of sp³-hybridized carbons (Fsp3) is 0.385. The van der Waals surface area contributed by atoms with Crippen LogP contribution in [-0.4, -0.2) is 22.1 Å². The predicted molar refractivity (Wildman–Crippen MR) is 79.8 cm³/mol. The summed E-state index contributed by atoms with van der Waals surface area (Å²) in [5.74, 6) is -0.0704. The number of carbonyl (C=O) groups excluding carboxylic acids is 1. The van der Waals surface area contributed by atoms with Crippen LogP contribution >= 0.6 is 11.3 Å². The third-order valence-corrected chi connectivity index (χ3v) is 4.34. The molecular formula is C13H17N5OS. The molecule has 0 aromatic carbocycles. The van der Waals surface area contributed by atoms with Crippen LogP contribution in [0.1, 0.15) is 41.0 Å². The van der Waals surface area contributed by atoms with Gasteiger partial charge >= 0.3 is 0 Å². The largest absolute Gasteiger partial charge is 0.397 e. The van der Waals surface area contributed by atoms with Crippen LogP contribution in [0, 0.1) is 0 Å². The topological polar surface area (TPSA) is 95.8 Å². The van der Waals surface area contributed by atoms with Crippen molar-refractivity contribution in [3.05, 3.63) is 28.9 Å². The van der Waals surface area contributed by atoms with Gasteiger partial charge in [0, 0.05) is 17.8 Å². The Morgan fingerprint density at radius 3 is 3.05 bits per heavy atom. The van der Waals surface area contributed by atoms with Gasteiger partial charge in [-0.1, -0.05) is 0 Å². The molecule has 0 aliphatic heterocycles. The quantitative estimate of drug-likeness (QED) is 0.678. The zero-order valence-corrected chi connectivity index (χ0v) is 12.0. The number of anilines is 2. The molecule has 0 saturated heterocycles. The van der Waals surface area contributed by atoms with Crippen molar-refractivity contribution in [1.29, 1.82) is 0 Å². The molecule has 2 aromatic heterocycles. The van der Waals surface area contributed by atoms with E-state index in [0.29, 0.717) is 16.6 Å². The first-order valence-corrected chi connectivity index (χ1v) is 7.40. The van der Waals surface area contributed by atoms with Gasteiger partial charge in [0.05, 0.1) is 22.9 Å². The summed E-state index contributed by atoms with van der Waals surface area (Å²) in [5.41, 5.74) is 7.50. The van der Waals surface area contributed by atoms with Crippen molar-refractivity contribution in [1.82, 2.24) is 15.5 Å². The zero-order chi connectivity index (χ0) is 14.1. The number of nitrogen functional groups attached to an aromatic ring is 1. The van der Waals surface area contributed by atoms with Gasteiger partial charge in [-0.25, -0.2) is 0 Å². The molecule has 2 heterocycles. The van der Waals surface area contributed by atoms with E-state index in [1.165, 1.54) is 11.3 Å². The fourth-order valence-electron chi connectivity index (χ4n) is 1.93. The molecule has 1 fully saturated rings. The fourth-order valence-corrected chi connectivity index (χ4v) is 2.90. The van der Waals surface area contributed by atoms with Gasteiger partial charge < -0.3 is 16.4 Å². The number of rotatable bonds is 5.